The molecule has 2 aromatic rings. The summed E-state index contributed by atoms with van der Waals surface area (Å²) >= 11 is -2.03. The predicted molar refractivity (Wildman–Crippen MR) is 113 cm³/mol. The van der Waals surface area contributed by atoms with E-state index in [1.165, 1.54) is 11.1 Å². The Labute approximate surface area is 176 Å². The summed E-state index contributed by atoms with van der Waals surface area (Å²) in [6, 6.07) is 22.3. The van der Waals surface area contributed by atoms with Gasteiger partial charge in [0.25, 0.3) is 0 Å². The topological polar surface area (TPSA) is 0 Å². The summed E-state index contributed by atoms with van der Waals surface area (Å²) in [4.78, 5) is 0. The molecule has 0 radical (unpaired) electrons. The van der Waals surface area contributed by atoms with Crippen LogP contribution in [0.1, 0.15) is 27.6 Å². The predicted octanol–water partition coefficient (Wildman–Crippen LogP) is 6.93. The van der Waals surface area contributed by atoms with Crippen molar-refractivity contribution < 1.29 is 21.8 Å². The van der Waals surface area contributed by atoms with E-state index in [1.807, 2.05) is 0 Å². The van der Waals surface area contributed by atoms with Crippen molar-refractivity contribution in [1.29, 1.82) is 0 Å². The summed E-state index contributed by atoms with van der Waals surface area (Å²) in [5, 5.41) is 0. The molecule has 2 aliphatic carbocycles. The van der Waals surface area contributed by atoms with Crippen molar-refractivity contribution in [3.8, 4) is 0 Å². The van der Waals surface area contributed by atoms with Crippen molar-refractivity contribution in [2.75, 3.05) is 0 Å². The summed E-state index contributed by atoms with van der Waals surface area (Å²) in [6.45, 7) is 0. The van der Waals surface area contributed by atoms with Crippen LogP contribution in [0.15, 0.2) is 104 Å². The van der Waals surface area contributed by atoms with Crippen molar-refractivity contribution in [2.24, 2.45) is 0 Å². The SMILES string of the molecule is C1=CC[C]([Zr]([C]2=CC=CC2)[CH](c2ccccc2)c2ccccc2)=C1.Cl.Cl. The third-order valence-electron chi connectivity index (χ3n) is 4.79. The van der Waals surface area contributed by atoms with E-state index in [1.54, 1.807) is 6.56 Å². The number of benzene rings is 2. The second kappa shape index (κ2) is 10.3. The van der Waals surface area contributed by atoms with Crippen LogP contribution < -0.4 is 0 Å². The van der Waals surface area contributed by atoms with Gasteiger partial charge in [0.05, 0.1) is 0 Å². The van der Waals surface area contributed by atoms with Gasteiger partial charge in [-0.2, -0.15) is 0 Å². The molecular formula is C23H23Cl2Zr. The summed E-state index contributed by atoms with van der Waals surface area (Å²) in [7, 11) is 0. The Morgan fingerprint density at radius 2 is 1.04 bits per heavy atom. The summed E-state index contributed by atoms with van der Waals surface area (Å²) in [6.07, 6.45) is 16.3. The first-order valence-electron chi connectivity index (χ1n) is 8.62. The van der Waals surface area contributed by atoms with Gasteiger partial charge in [-0.05, 0) is 0 Å². The minimum atomic E-state index is -2.03. The number of rotatable bonds is 5. The molecule has 0 N–H and O–H groups in total. The number of halogens is 2. The summed E-state index contributed by atoms with van der Waals surface area (Å²) < 4.78 is 4.02. The molecule has 2 aliphatic rings. The molecule has 2 aromatic carbocycles. The molecule has 0 spiro atoms. The van der Waals surface area contributed by atoms with Crippen LogP contribution in [0.4, 0.5) is 0 Å². The summed E-state index contributed by atoms with van der Waals surface area (Å²) in [5.41, 5.74) is 2.97. The Bertz CT molecular complexity index is 750. The normalized spacial score (nSPS) is 14.5. The van der Waals surface area contributed by atoms with E-state index in [-0.39, 0.29) is 24.8 Å². The van der Waals surface area contributed by atoms with Crippen LogP contribution in [-0.4, -0.2) is 0 Å². The van der Waals surface area contributed by atoms with Crippen molar-refractivity contribution >= 4 is 24.8 Å². The van der Waals surface area contributed by atoms with E-state index in [0.717, 1.165) is 12.8 Å². The Hall–Kier alpha value is -1.14. The maximum absolute atomic E-state index is 2.41. The van der Waals surface area contributed by atoms with E-state index in [9.17, 15) is 0 Å². The molecule has 0 unspecified atom stereocenters. The van der Waals surface area contributed by atoms with Crippen LogP contribution in [0, 0.1) is 0 Å². The maximum Gasteiger partial charge on any atom is -0.147 e. The molecule has 0 heterocycles. The minimum absolute atomic E-state index is 0. The first kappa shape index (κ1) is 21.2. The molecule has 4 rings (SSSR count). The molecule has 0 saturated heterocycles. The van der Waals surface area contributed by atoms with E-state index in [0.29, 0.717) is 3.63 Å². The van der Waals surface area contributed by atoms with Gasteiger partial charge in [0, 0.05) is 0 Å². The van der Waals surface area contributed by atoms with Gasteiger partial charge in [0.2, 0.25) is 0 Å². The van der Waals surface area contributed by atoms with E-state index < -0.39 is 21.8 Å². The largest absolute Gasteiger partial charge is 0.147 e. The fourth-order valence-corrected chi connectivity index (χ4v) is 12.1. The molecular weight excluding hydrogens is 438 g/mol. The van der Waals surface area contributed by atoms with Crippen LogP contribution in [0.2, 0.25) is 0 Å². The molecule has 0 aromatic heterocycles. The molecule has 26 heavy (non-hydrogen) atoms. The van der Waals surface area contributed by atoms with Crippen LogP contribution >= 0.6 is 24.8 Å². The van der Waals surface area contributed by atoms with Gasteiger partial charge in [-0.1, -0.05) is 0 Å². The van der Waals surface area contributed by atoms with Crippen molar-refractivity contribution in [3.63, 3.8) is 0 Å². The minimum Gasteiger partial charge on any atom is -0.147 e. The van der Waals surface area contributed by atoms with E-state index in [2.05, 4.69) is 97.1 Å². The molecule has 0 bridgehead atoms. The average molecular weight is 462 g/mol. The molecule has 0 atom stereocenters. The van der Waals surface area contributed by atoms with E-state index in [4.69, 9.17) is 0 Å². The zero-order valence-electron chi connectivity index (χ0n) is 14.5. The Balaban J connectivity index is 0.00000121. The molecule has 0 nitrogen and oxygen atoms in total. The quantitative estimate of drug-likeness (QED) is 0.453. The van der Waals surface area contributed by atoms with Crippen LogP contribution in [0.5, 0.6) is 0 Å². The van der Waals surface area contributed by atoms with Gasteiger partial charge in [0.1, 0.15) is 0 Å². The molecule has 3 heteroatoms. The Morgan fingerprint density at radius 3 is 1.38 bits per heavy atom. The van der Waals surface area contributed by atoms with Gasteiger partial charge < -0.3 is 0 Å². The number of allylic oxidation sites excluding steroid dienone is 8. The third-order valence-corrected chi connectivity index (χ3v) is 13.1. The zero-order chi connectivity index (χ0) is 16.2. The fourth-order valence-electron chi connectivity index (χ4n) is 3.69. The maximum atomic E-state index is 2.41. The fraction of sp³-hybridized carbons (Fsp3) is 0.130. The van der Waals surface area contributed by atoms with Crippen molar-refractivity contribution in [3.05, 3.63) is 115 Å². The first-order valence-corrected chi connectivity index (χ1v) is 12.5. The second-order valence-electron chi connectivity index (χ2n) is 6.32. The van der Waals surface area contributed by atoms with E-state index >= 15 is 0 Å². The Kier molecular flexibility index (Phi) is 8.35. The van der Waals surface area contributed by atoms with Crippen molar-refractivity contribution in [2.45, 2.75) is 16.5 Å². The molecule has 0 fully saturated rings. The Morgan fingerprint density at radius 1 is 0.615 bits per heavy atom. The van der Waals surface area contributed by atoms with Crippen LogP contribution in [-0.2, 0) is 21.8 Å². The number of hydrogen-bond acceptors (Lipinski definition) is 0. The van der Waals surface area contributed by atoms with Gasteiger partial charge in [-0.25, -0.2) is 0 Å². The first-order chi connectivity index (χ1) is 11.9. The third kappa shape index (κ3) is 4.58. The van der Waals surface area contributed by atoms with Gasteiger partial charge in [0.15, 0.2) is 0 Å². The molecule has 133 valence electrons. The van der Waals surface area contributed by atoms with Crippen molar-refractivity contribution in [1.82, 2.24) is 0 Å². The second-order valence-corrected chi connectivity index (χ2v) is 12.9. The van der Waals surface area contributed by atoms with Crippen LogP contribution in [0.3, 0.4) is 0 Å². The smallest absolute Gasteiger partial charge is 0.147 e. The monoisotopic (exact) mass is 459 g/mol. The molecule has 0 aliphatic heterocycles. The number of hydrogen-bond donors (Lipinski definition) is 0. The standard InChI is InChI=1S/C13H11.2C5H5.2ClH.Zr/c1-3-7-12(8-4-1)11-13-9-5-2-6-10-13;2*1-2-4-5-3-1;;;/h1-11H;2*1-3H,4H2;2*1H;. The van der Waals surface area contributed by atoms with Gasteiger partial charge >= 0.3 is 153 Å². The van der Waals surface area contributed by atoms with Gasteiger partial charge in [-0.15, -0.1) is 24.8 Å². The zero-order valence-corrected chi connectivity index (χ0v) is 18.6. The van der Waals surface area contributed by atoms with Crippen LogP contribution in [0.25, 0.3) is 0 Å². The van der Waals surface area contributed by atoms with Gasteiger partial charge in [-0.3, -0.25) is 0 Å². The molecule has 0 saturated carbocycles. The average Bonchev–Trinajstić information content (AvgIpc) is 3.35. The summed E-state index contributed by atoms with van der Waals surface area (Å²) in [5.74, 6) is 0. The molecule has 0 amide bonds.